The van der Waals surface area contributed by atoms with E-state index in [2.05, 4.69) is 5.32 Å². The van der Waals surface area contributed by atoms with E-state index in [1.54, 1.807) is 34.8 Å². The Bertz CT molecular complexity index is 1130. The number of hydrogen-bond donors (Lipinski definition) is 6. The minimum atomic E-state index is -1.80. The molecule has 52 heavy (non-hydrogen) atoms. The van der Waals surface area contributed by atoms with Gasteiger partial charge in [-0.05, 0) is 94.3 Å². The molecule has 0 aliphatic carbocycles. The Hall–Kier alpha value is -1.01. The van der Waals surface area contributed by atoms with E-state index in [1.165, 1.54) is 6.92 Å². The van der Waals surface area contributed by atoms with Gasteiger partial charge in [0.15, 0.2) is 12.6 Å². The average molecular weight is 749 g/mol. The molecule has 3 saturated heterocycles. The number of aliphatic hydroxyl groups is 5. The summed E-state index contributed by atoms with van der Waals surface area (Å²) in [5.41, 5.74) is -4.16. The van der Waals surface area contributed by atoms with Crippen LogP contribution in [-0.2, 0) is 33.2 Å². The van der Waals surface area contributed by atoms with Crippen LogP contribution in [-0.4, -0.2) is 155 Å². The van der Waals surface area contributed by atoms with Gasteiger partial charge in [0, 0.05) is 37.5 Å². The van der Waals surface area contributed by atoms with Crippen molar-refractivity contribution in [2.45, 2.75) is 179 Å². The number of nitrogens with one attached hydrogen (secondary N) is 1. The molecule has 0 radical (unpaired) electrons. The summed E-state index contributed by atoms with van der Waals surface area (Å²) in [4.78, 5) is 16.1. The summed E-state index contributed by atoms with van der Waals surface area (Å²) in [6.45, 7) is 18.0. The van der Waals surface area contributed by atoms with Crippen molar-refractivity contribution in [3.8, 4) is 0 Å². The van der Waals surface area contributed by atoms with Crippen LogP contribution >= 0.6 is 0 Å². The third kappa shape index (κ3) is 10.2. The predicted octanol–water partition coefficient (Wildman–Crippen LogP) is 1.81. The Morgan fingerprint density at radius 1 is 0.981 bits per heavy atom. The van der Waals surface area contributed by atoms with Crippen LogP contribution in [0.1, 0.15) is 94.9 Å². The lowest BCUT2D eigenvalue weighted by Crippen LogP contribution is -2.60. The second kappa shape index (κ2) is 18.3. The first-order chi connectivity index (χ1) is 24.0. The molecule has 3 aliphatic rings. The fraction of sp³-hybridized carbons (Fsp3) is 0.974. The van der Waals surface area contributed by atoms with Crippen molar-refractivity contribution < 1.29 is 58.7 Å². The number of carbonyl (C=O) groups excluding carboxylic acids is 1. The van der Waals surface area contributed by atoms with Gasteiger partial charge in [0.25, 0.3) is 0 Å². The van der Waals surface area contributed by atoms with E-state index < -0.39 is 89.9 Å². The topological polar surface area (TPSA) is 189 Å². The first kappa shape index (κ1) is 45.4. The molecule has 0 spiro atoms. The quantitative estimate of drug-likeness (QED) is 0.197. The molecule has 0 amide bonds. The average Bonchev–Trinajstić information content (AvgIpc) is 3.06. The van der Waals surface area contributed by atoms with Crippen LogP contribution in [0, 0.1) is 23.7 Å². The predicted molar refractivity (Wildman–Crippen MR) is 194 cm³/mol. The number of methoxy groups -OCH3 is 1. The van der Waals surface area contributed by atoms with E-state index in [0.717, 1.165) is 0 Å². The van der Waals surface area contributed by atoms with Crippen LogP contribution in [0.5, 0.6) is 0 Å². The molecule has 0 bridgehead atoms. The molecular weight excluding hydrogens is 676 g/mol. The molecule has 3 rings (SSSR count). The standard InChI is InChI=1S/C38H72N2O12/c1-14-28-38(10,46)32(43)24(6)39-18-20(2)16-36(8,45)33(52-35-30(42)27(40(11)12)15-21(3)48-35)22(4)31(23(5)34(44)50-28)51-29-17-37(9,47-13)26(19-41)25(7)49-29/h20-33,35,39,41-43,45-46H,14-19H2,1-13H3/t20-,21-,22+,23-,24-,25+,26?,27?,28-,29?,30-,31+,32-,33-,35+,36-,37-,38-/m1/s1. The maximum atomic E-state index is 14.2. The molecule has 306 valence electrons. The van der Waals surface area contributed by atoms with Crippen molar-refractivity contribution in [2.24, 2.45) is 23.7 Å². The normalized spacial score (nSPS) is 49.2. The minimum absolute atomic E-state index is 0.152. The van der Waals surface area contributed by atoms with Gasteiger partial charge in [-0.25, -0.2) is 0 Å². The Labute approximate surface area is 311 Å². The minimum Gasteiger partial charge on any atom is -0.459 e. The Kier molecular flexibility index (Phi) is 16.0. The monoisotopic (exact) mass is 749 g/mol. The number of cyclic esters (lactones) is 1. The SMILES string of the molecule is CC[C@H]1OC(=O)[C@H](C)[C@@H](OC2C[C@@](C)(OC)C(CO)[C@H](C)O2)[C@H](C)[C@@H](O[C@@H]2O[C@H](C)CC(N(C)C)[C@H]2O)[C@](C)(O)C[C@@H](C)CN[C@H](C)[C@@H](O)[C@]1(C)O. The van der Waals surface area contributed by atoms with Crippen LogP contribution in [0.4, 0.5) is 0 Å². The summed E-state index contributed by atoms with van der Waals surface area (Å²) in [5.74, 6) is -2.90. The van der Waals surface area contributed by atoms with E-state index in [9.17, 15) is 30.3 Å². The van der Waals surface area contributed by atoms with Gasteiger partial charge in [-0.3, -0.25) is 4.79 Å². The number of nitrogens with zero attached hydrogens (tertiary/aromatic N) is 1. The smallest absolute Gasteiger partial charge is 0.311 e. The van der Waals surface area contributed by atoms with Gasteiger partial charge in [-0.15, -0.1) is 0 Å². The van der Waals surface area contributed by atoms with E-state index in [1.807, 2.05) is 53.6 Å². The highest BCUT2D eigenvalue weighted by molar-refractivity contribution is 5.73. The molecule has 0 aromatic heterocycles. The van der Waals surface area contributed by atoms with Gasteiger partial charge in [0.2, 0.25) is 0 Å². The Morgan fingerprint density at radius 2 is 1.62 bits per heavy atom. The molecule has 14 nitrogen and oxygen atoms in total. The lowest BCUT2D eigenvalue weighted by Gasteiger charge is -2.49. The van der Waals surface area contributed by atoms with Gasteiger partial charge in [0.1, 0.15) is 23.9 Å². The van der Waals surface area contributed by atoms with Crippen LogP contribution < -0.4 is 5.32 Å². The maximum absolute atomic E-state index is 14.2. The van der Waals surface area contributed by atoms with Crippen molar-refractivity contribution in [3.63, 3.8) is 0 Å². The molecule has 6 N–H and O–H groups in total. The zero-order valence-corrected chi connectivity index (χ0v) is 33.9. The largest absolute Gasteiger partial charge is 0.459 e. The summed E-state index contributed by atoms with van der Waals surface area (Å²) in [5, 5.41) is 60.4. The molecule has 3 fully saturated rings. The molecule has 3 unspecified atom stereocenters. The highest BCUT2D eigenvalue weighted by Crippen LogP contribution is 2.41. The second-order valence-corrected chi connectivity index (χ2v) is 17.0. The molecular formula is C38H72N2O12. The summed E-state index contributed by atoms with van der Waals surface area (Å²) in [6, 6.07) is -0.853. The summed E-state index contributed by atoms with van der Waals surface area (Å²) >= 11 is 0. The number of rotatable bonds is 8. The molecule has 0 aromatic rings. The van der Waals surface area contributed by atoms with Crippen molar-refractivity contribution in [2.75, 3.05) is 34.4 Å². The van der Waals surface area contributed by atoms with Crippen LogP contribution in [0.2, 0.25) is 0 Å². The van der Waals surface area contributed by atoms with Crippen LogP contribution in [0.3, 0.4) is 0 Å². The fourth-order valence-electron chi connectivity index (χ4n) is 8.79. The molecule has 18 atom stereocenters. The molecule has 0 saturated carbocycles. The van der Waals surface area contributed by atoms with Crippen molar-refractivity contribution in [3.05, 3.63) is 0 Å². The van der Waals surface area contributed by atoms with E-state index >= 15 is 0 Å². The lowest BCUT2D eigenvalue weighted by molar-refractivity contribution is -0.315. The lowest BCUT2D eigenvalue weighted by atomic mass is 9.77. The third-order valence-electron chi connectivity index (χ3n) is 12.2. The van der Waals surface area contributed by atoms with E-state index in [4.69, 9.17) is 28.4 Å². The molecule has 0 aromatic carbocycles. The molecule has 3 aliphatic heterocycles. The molecule has 14 heteroatoms. The Balaban J connectivity index is 2.15. The van der Waals surface area contributed by atoms with E-state index in [-0.39, 0.29) is 49.9 Å². The first-order valence-corrected chi connectivity index (χ1v) is 19.2. The summed E-state index contributed by atoms with van der Waals surface area (Å²) in [7, 11) is 5.35. The maximum Gasteiger partial charge on any atom is 0.311 e. The van der Waals surface area contributed by atoms with Crippen molar-refractivity contribution in [1.82, 2.24) is 10.2 Å². The second-order valence-electron chi connectivity index (χ2n) is 17.0. The van der Waals surface area contributed by atoms with Crippen LogP contribution in [0.15, 0.2) is 0 Å². The molecule has 3 heterocycles. The van der Waals surface area contributed by atoms with Crippen molar-refractivity contribution >= 4 is 5.97 Å². The third-order valence-corrected chi connectivity index (χ3v) is 12.2. The highest BCUT2D eigenvalue weighted by atomic mass is 16.7. The van der Waals surface area contributed by atoms with Crippen LogP contribution in [0.25, 0.3) is 0 Å². The van der Waals surface area contributed by atoms with E-state index in [0.29, 0.717) is 13.0 Å². The number of hydrogen-bond acceptors (Lipinski definition) is 14. The fourth-order valence-corrected chi connectivity index (χ4v) is 8.79. The number of ether oxygens (including phenoxy) is 6. The number of likely N-dealkylation sites (N-methyl/N-ethyl adjacent to an activating group) is 1. The van der Waals surface area contributed by atoms with Gasteiger partial charge in [-0.2, -0.15) is 0 Å². The zero-order chi connectivity index (χ0) is 39.5. The zero-order valence-electron chi connectivity index (χ0n) is 33.9. The van der Waals surface area contributed by atoms with Gasteiger partial charge < -0.3 is 64.2 Å². The number of aliphatic hydroxyl groups excluding tert-OH is 3. The van der Waals surface area contributed by atoms with Crippen molar-refractivity contribution in [1.29, 1.82) is 0 Å². The highest BCUT2D eigenvalue weighted by Gasteiger charge is 2.52. The summed E-state index contributed by atoms with van der Waals surface area (Å²) in [6.07, 6.45) is -6.85. The van der Waals surface area contributed by atoms with Gasteiger partial charge in [0.05, 0.1) is 48.1 Å². The number of esters is 1. The Morgan fingerprint density at radius 3 is 2.17 bits per heavy atom. The van der Waals surface area contributed by atoms with Gasteiger partial charge in [-0.1, -0.05) is 20.8 Å². The first-order valence-electron chi connectivity index (χ1n) is 19.2. The summed E-state index contributed by atoms with van der Waals surface area (Å²) < 4.78 is 37.9. The van der Waals surface area contributed by atoms with Gasteiger partial charge >= 0.3 is 5.97 Å². The number of carbonyl (C=O) groups is 1.